The molecular weight excluding hydrogens is 443 g/mol. The molecule has 3 fully saturated rings. The Morgan fingerprint density at radius 2 is 2.17 bits per heavy atom. The lowest BCUT2D eigenvalue weighted by Gasteiger charge is -2.37. The van der Waals surface area contributed by atoms with Crippen molar-refractivity contribution in [2.45, 2.75) is 56.6 Å². The van der Waals surface area contributed by atoms with Crippen LogP contribution in [-0.2, 0) is 5.41 Å². The summed E-state index contributed by atoms with van der Waals surface area (Å²) < 4.78 is 14.4. The van der Waals surface area contributed by atoms with E-state index in [2.05, 4.69) is 22.4 Å². The van der Waals surface area contributed by atoms with Crippen molar-refractivity contribution in [1.82, 2.24) is 9.80 Å². The molecule has 0 radical (unpaired) electrons. The third-order valence-corrected chi connectivity index (χ3v) is 8.25. The molecule has 5 rings (SSSR count). The Hall–Kier alpha value is -2.95. The number of aliphatic hydroxyl groups is 1. The van der Waals surface area contributed by atoms with E-state index < -0.39 is 5.82 Å². The van der Waals surface area contributed by atoms with Crippen LogP contribution in [0.5, 0.6) is 0 Å². The Balaban J connectivity index is 1.31. The van der Waals surface area contributed by atoms with Crippen molar-refractivity contribution in [1.29, 1.82) is 5.26 Å². The van der Waals surface area contributed by atoms with Gasteiger partial charge in [-0.1, -0.05) is 18.2 Å². The van der Waals surface area contributed by atoms with Gasteiger partial charge < -0.3 is 15.3 Å². The number of aryl methyl sites for hydroxylation is 1. The first kappa shape index (κ1) is 23.8. The molecule has 6 nitrogen and oxygen atoms in total. The second-order valence-electron chi connectivity index (χ2n) is 10.5. The highest BCUT2D eigenvalue weighted by Gasteiger charge is 2.58. The molecule has 1 heterocycles. The lowest BCUT2D eigenvalue weighted by atomic mass is 9.80. The fourth-order valence-electron chi connectivity index (χ4n) is 6.18. The van der Waals surface area contributed by atoms with Crippen LogP contribution in [-0.4, -0.2) is 59.3 Å². The number of halogens is 1. The monoisotopic (exact) mass is 476 g/mol. The fourth-order valence-corrected chi connectivity index (χ4v) is 6.18. The molecule has 1 aliphatic heterocycles. The predicted octanol–water partition coefficient (Wildman–Crippen LogP) is 4.42. The Labute approximate surface area is 206 Å². The largest absolute Gasteiger partial charge is 0.392 e. The summed E-state index contributed by atoms with van der Waals surface area (Å²) >= 11 is 0. The van der Waals surface area contributed by atoms with E-state index in [-0.39, 0.29) is 29.3 Å². The lowest BCUT2D eigenvalue weighted by molar-refractivity contribution is 0.142. The number of rotatable bonds is 6. The summed E-state index contributed by atoms with van der Waals surface area (Å²) in [6.07, 6.45) is 4.30. The quantitative estimate of drug-likeness (QED) is 0.647. The standard InChI is InChI=1S/C28H33FN4O2/c1-19-5-6-25(29)26(13-19)31-27(35)33(12-11-32-10-8-24(34)18-32)23-7-9-28(16-22(28)15-23)21-4-2-3-20(14-21)17-30/h2-6,13-14,22-24,34H,7-12,15-16,18H2,1H3,(H,31,35)/t22?,23?,24-,28-/m1/s1. The third-order valence-electron chi connectivity index (χ3n) is 8.25. The van der Waals surface area contributed by atoms with Gasteiger partial charge in [0.15, 0.2) is 0 Å². The number of nitrogens with zero attached hydrogens (tertiary/aromatic N) is 3. The normalized spacial score (nSPS) is 27.7. The van der Waals surface area contributed by atoms with Crippen LogP contribution in [0.1, 0.15) is 48.8 Å². The summed E-state index contributed by atoms with van der Waals surface area (Å²) in [7, 11) is 0. The minimum absolute atomic E-state index is 0.0789. The molecule has 184 valence electrons. The number of benzene rings is 2. The molecule has 1 saturated heterocycles. The number of carbonyl (C=O) groups is 1. The summed E-state index contributed by atoms with van der Waals surface area (Å²) in [5, 5.41) is 22.0. The number of hydrogen-bond acceptors (Lipinski definition) is 4. The van der Waals surface area contributed by atoms with Crippen LogP contribution in [0.3, 0.4) is 0 Å². The van der Waals surface area contributed by atoms with Gasteiger partial charge in [-0.3, -0.25) is 4.90 Å². The molecule has 2 aliphatic carbocycles. The highest BCUT2D eigenvalue weighted by molar-refractivity contribution is 5.89. The molecule has 2 N–H and O–H groups in total. The number of aliphatic hydroxyl groups excluding tert-OH is 1. The number of likely N-dealkylation sites (tertiary alicyclic amines) is 1. The van der Waals surface area contributed by atoms with Gasteiger partial charge in [0, 0.05) is 32.2 Å². The van der Waals surface area contributed by atoms with Gasteiger partial charge in [0.05, 0.1) is 23.4 Å². The molecule has 2 aromatic carbocycles. The molecule has 2 saturated carbocycles. The molecule has 35 heavy (non-hydrogen) atoms. The highest BCUT2D eigenvalue weighted by atomic mass is 19.1. The van der Waals surface area contributed by atoms with Crippen molar-refractivity contribution in [3.05, 3.63) is 65.0 Å². The van der Waals surface area contributed by atoms with Crippen molar-refractivity contribution >= 4 is 11.7 Å². The maximum absolute atomic E-state index is 14.4. The number of amides is 2. The average Bonchev–Trinajstić information content (AvgIpc) is 3.46. The molecule has 2 amide bonds. The summed E-state index contributed by atoms with van der Waals surface area (Å²) in [5.41, 5.74) is 3.15. The Bertz CT molecular complexity index is 1150. The number of carbonyl (C=O) groups excluding carboxylic acids is 1. The fraction of sp³-hybridized carbons (Fsp3) is 0.500. The SMILES string of the molecule is Cc1ccc(F)c(NC(=O)N(CCN2CC[C@@H](O)C2)C2CC[C@]3(c4cccc(C#N)c4)CC3C2)c1. The average molecular weight is 477 g/mol. The van der Waals surface area contributed by atoms with Gasteiger partial charge in [-0.05, 0) is 85.8 Å². The Kier molecular flexibility index (Phi) is 6.52. The van der Waals surface area contributed by atoms with Gasteiger partial charge in [-0.15, -0.1) is 0 Å². The third kappa shape index (κ3) is 4.91. The Morgan fingerprint density at radius 1 is 1.31 bits per heavy atom. The minimum Gasteiger partial charge on any atom is -0.392 e. The first-order valence-electron chi connectivity index (χ1n) is 12.6. The van der Waals surface area contributed by atoms with Crippen LogP contribution in [0.15, 0.2) is 42.5 Å². The summed E-state index contributed by atoms with van der Waals surface area (Å²) in [5.74, 6) is 0.0450. The van der Waals surface area contributed by atoms with Gasteiger partial charge in [-0.2, -0.15) is 5.26 Å². The number of nitriles is 1. The van der Waals surface area contributed by atoms with E-state index in [4.69, 9.17) is 0 Å². The molecule has 3 aliphatic rings. The van der Waals surface area contributed by atoms with Crippen molar-refractivity contribution in [3.63, 3.8) is 0 Å². The molecule has 4 atom stereocenters. The zero-order chi connectivity index (χ0) is 24.6. The second kappa shape index (κ2) is 9.60. The first-order valence-corrected chi connectivity index (χ1v) is 12.6. The number of β-amino-alcohol motifs (C(OH)–C–C–N with tert-alkyl or cyclic N) is 1. The number of nitrogens with one attached hydrogen (secondary N) is 1. The van der Waals surface area contributed by atoms with E-state index in [1.165, 1.54) is 11.6 Å². The maximum atomic E-state index is 14.4. The maximum Gasteiger partial charge on any atom is 0.322 e. The van der Waals surface area contributed by atoms with Gasteiger partial charge in [0.25, 0.3) is 0 Å². The zero-order valence-corrected chi connectivity index (χ0v) is 20.2. The zero-order valence-electron chi connectivity index (χ0n) is 20.2. The Morgan fingerprint density at radius 3 is 2.91 bits per heavy atom. The summed E-state index contributed by atoms with van der Waals surface area (Å²) in [6.45, 7) is 4.57. The van der Waals surface area contributed by atoms with Gasteiger partial charge >= 0.3 is 6.03 Å². The smallest absolute Gasteiger partial charge is 0.322 e. The van der Waals surface area contributed by atoms with Crippen LogP contribution >= 0.6 is 0 Å². The van der Waals surface area contributed by atoms with E-state index in [1.807, 2.05) is 30.0 Å². The van der Waals surface area contributed by atoms with E-state index >= 15 is 0 Å². The summed E-state index contributed by atoms with van der Waals surface area (Å²) in [6, 6.07) is 14.8. The number of anilines is 1. The van der Waals surface area contributed by atoms with Crippen LogP contribution in [0, 0.1) is 30.0 Å². The molecule has 2 aromatic rings. The minimum atomic E-state index is -0.436. The van der Waals surface area contributed by atoms with Crippen LogP contribution < -0.4 is 5.32 Å². The number of hydrogen-bond donors (Lipinski definition) is 2. The number of urea groups is 1. The van der Waals surface area contributed by atoms with E-state index in [9.17, 15) is 19.6 Å². The molecular formula is C28H33FN4O2. The molecule has 0 bridgehead atoms. The second-order valence-corrected chi connectivity index (χ2v) is 10.5. The van der Waals surface area contributed by atoms with Crippen molar-refractivity contribution in [2.75, 3.05) is 31.5 Å². The van der Waals surface area contributed by atoms with Crippen LogP contribution in [0.25, 0.3) is 0 Å². The van der Waals surface area contributed by atoms with Gasteiger partial charge in [0.1, 0.15) is 5.82 Å². The van der Waals surface area contributed by atoms with Crippen LogP contribution in [0.4, 0.5) is 14.9 Å². The summed E-state index contributed by atoms with van der Waals surface area (Å²) in [4.78, 5) is 17.5. The molecule has 0 spiro atoms. The highest BCUT2D eigenvalue weighted by Crippen LogP contribution is 2.62. The topological polar surface area (TPSA) is 79.6 Å². The predicted molar refractivity (Wildman–Crippen MR) is 133 cm³/mol. The van der Waals surface area contributed by atoms with Crippen LogP contribution in [0.2, 0.25) is 0 Å². The van der Waals surface area contributed by atoms with Crippen molar-refractivity contribution < 1.29 is 14.3 Å². The number of fused-ring (bicyclic) bond motifs is 1. The van der Waals surface area contributed by atoms with Crippen molar-refractivity contribution in [2.24, 2.45) is 5.92 Å². The van der Waals surface area contributed by atoms with E-state index in [0.717, 1.165) is 44.2 Å². The molecule has 0 aromatic heterocycles. The van der Waals surface area contributed by atoms with E-state index in [0.29, 0.717) is 31.1 Å². The lowest BCUT2D eigenvalue weighted by Crippen LogP contribution is -2.48. The first-order chi connectivity index (χ1) is 16.9. The van der Waals surface area contributed by atoms with E-state index in [1.54, 1.807) is 12.1 Å². The molecule has 2 unspecified atom stereocenters. The van der Waals surface area contributed by atoms with Gasteiger partial charge in [-0.25, -0.2) is 9.18 Å². The van der Waals surface area contributed by atoms with Crippen molar-refractivity contribution in [3.8, 4) is 6.07 Å². The molecule has 7 heteroatoms. The van der Waals surface area contributed by atoms with Gasteiger partial charge in [0.2, 0.25) is 0 Å².